The van der Waals surface area contributed by atoms with Gasteiger partial charge in [0, 0.05) is 6.54 Å². The first kappa shape index (κ1) is 11.7. The van der Waals surface area contributed by atoms with Crippen molar-refractivity contribution in [2.24, 2.45) is 5.92 Å². The molecular weight excluding hydrogens is 194 g/mol. The van der Waals surface area contributed by atoms with Gasteiger partial charge in [0.15, 0.2) is 0 Å². The molecule has 2 unspecified atom stereocenters. The minimum atomic E-state index is 0.368. The first-order valence-corrected chi connectivity index (χ1v) is 6.44. The van der Waals surface area contributed by atoms with E-state index < -0.39 is 0 Å². The van der Waals surface area contributed by atoms with E-state index in [0.29, 0.717) is 5.41 Å². The van der Waals surface area contributed by atoms with Crippen LogP contribution in [-0.4, -0.2) is 24.5 Å². The van der Waals surface area contributed by atoms with Gasteiger partial charge >= 0.3 is 0 Å². The summed E-state index contributed by atoms with van der Waals surface area (Å²) < 4.78 is 0. The van der Waals surface area contributed by atoms with Crippen LogP contribution in [0.4, 0.5) is 0 Å². The minimum Gasteiger partial charge on any atom is -0.303 e. The normalized spacial score (nSPS) is 31.6. The number of likely N-dealkylation sites (tertiary alicyclic amines) is 1. The molecule has 0 N–H and O–H groups in total. The van der Waals surface area contributed by atoms with Crippen molar-refractivity contribution in [3.63, 3.8) is 0 Å². The van der Waals surface area contributed by atoms with E-state index in [1.165, 1.54) is 31.6 Å². The summed E-state index contributed by atoms with van der Waals surface area (Å²) in [6.07, 6.45) is 1.28. The molecule has 0 amide bonds. The molecule has 0 aliphatic carbocycles. The number of nitrogens with zero attached hydrogens (tertiary/aromatic N) is 1. The Kier molecular flexibility index (Phi) is 3.34. The van der Waals surface area contributed by atoms with Crippen molar-refractivity contribution >= 4 is 0 Å². The third kappa shape index (κ3) is 2.01. The number of benzene rings is 1. The summed E-state index contributed by atoms with van der Waals surface area (Å²) in [5.41, 5.74) is 1.88. The van der Waals surface area contributed by atoms with E-state index in [0.717, 1.165) is 5.92 Å². The second-order valence-corrected chi connectivity index (χ2v) is 5.33. The molecule has 1 fully saturated rings. The summed E-state index contributed by atoms with van der Waals surface area (Å²) in [4.78, 5) is 2.56. The standard InChI is InChI=1S/C15H23N/c1-4-16-11-10-15(3,13(2)12-16)14-8-6-5-7-9-14/h5-9,13H,4,10-12H2,1-3H3. The molecule has 0 aromatic heterocycles. The third-order valence-electron chi connectivity index (χ3n) is 4.45. The van der Waals surface area contributed by atoms with Gasteiger partial charge < -0.3 is 4.90 Å². The van der Waals surface area contributed by atoms with Crippen LogP contribution in [0.5, 0.6) is 0 Å². The molecule has 2 atom stereocenters. The van der Waals surface area contributed by atoms with Gasteiger partial charge in [-0.1, -0.05) is 51.1 Å². The van der Waals surface area contributed by atoms with E-state index in [1.807, 2.05) is 0 Å². The topological polar surface area (TPSA) is 3.24 Å². The molecule has 0 radical (unpaired) electrons. The summed E-state index contributed by atoms with van der Waals surface area (Å²) in [6, 6.07) is 11.0. The lowest BCUT2D eigenvalue weighted by molar-refractivity contribution is 0.116. The second kappa shape index (κ2) is 4.58. The summed E-state index contributed by atoms with van der Waals surface area (Å²) in [6.45, 7) is 10.8. The van der Waals surface area contributed by atoms with Crippen LogP contribution in [0.15, 0.2) is 30.3 Å². The van der Waals surface area contributed by atoms with E-state index in [2.05, 4.69) is 56.0 Å². The number of hydrogen-bond donors (Lipinski definition) is 0. The molecule has 0 saturated carbocycles. The SMILES string of the molecule is CCN1CCC(C)(c2ccccc2)C(C)C1. The average molecular weight is 217 g/mol. The molecule has 0 spiro atoms. The van der Waals surface area contributed by atoms with E-state index in [1.54, 1.807) is 0 Å². The number of piperidine rings is 1. The zero-order valence-corrected chi connectivity index (χ0v) is 10.7. The van der Waals surface area contributed by atoms with Gasteiger partial charge in [-0.2, -0.15) is 0 Å². The molecule has 1 heterocycles. The number of rotatable bonds is 2. The van der Waals surface area contributed by atoms with Crippen molar-refractivity contribution in [1.29, 1.82) is 0 Å². The van der Waals surface area contributed by atoms with Crippen molar-refractivity contribution in [3.05, 3.63) is 35.9 Å². The summed E-state index contributed by atoms with van der Waals surface area (Å²) in [5, 5.41) is 0. The molecule has 1 aromatic rings. The van der Waals surface area contributed by atoms with Gasteiger partial charge in [0.05, 0.1) is 0 Å². The Bertz CT molecular complexity index is 333. The Labute approximate surface area is 99.5 Å². The molecule has 88 valence electrons. The van der Waals surface area contributed by atoms with Gasteiger partial charge in [0.2, 0.25) is 0 Å². The second-order valence-electron chi connectivity index (χ2n) is 5.33. The molecule has 1 aromatic carbocycles. The molecule has 2 rings (SSSR count). The van der Waals surface area contributed by atoms with Crippen LogP contribution in [0, 0.1) is 5.92 Å². The molecule has 0 bridgehead atoms. The maximum atomic E-state index is 2.56. The Balaban J connectivity index is 2.20. The highest BCUT2D eigenvalue weighted by molar-refractivity contribution is 5.26. The summed E-state index contributed by atoms with van der Waals surface area (Å²) >= 11 is 0. The third-order valence-corrected chi connectivity index (χ3v) is 4.45. The fraction of sp³-hybridized carbons (Fsp3) is 0.600. The average Bonchev–Trinajstić information content (AvgIpc) is 2.34. The van der Waals surface area contributed by atoms with Crippen LogP contribution in [0.1, 0.15) is 32.8 Å². The van der Waals surface area contributed by atoms with Crippen LogP contribution >= 0.6 is 0 Å². The predicted octanol–water partition coefficient (Wildman–Crippen LogP) is 3.31. The van der Waals surface area contributed by atoms with Crippen molar-refractivity contribution in [2.75, 3.05) is 19.6 Å². The lowest BCUT2D eigenvalue weighted by Gasteiger charge is -2.44. The van der Waals surface area contributed by atoms with Crippen LogP contribution in [0.3, 0.4) is 0 Å². The van der Waals surface area contributed by atoms with E-state index >= 15 is 0 Å². The van der Waals surface area contributed by atoms with Crippen molar-refractivity contribution < 1.29 is 0 Å². The Morgan fingerprint density at radius 2 is 2.00 bits per heavy atom. The maximum absolute atomic E-state index is 2.56. The van der Waals surface area contributed by atoms with Gasteiger partial charge in [0.1, 0.15) is 0 Å². The zero-order valence-electron chi connectivity index (χ0n) is 10.7. The largest absolute Gasteiger partial charge is 0.303 e. The highest BCUT2D eigenvalue weighted by Crippen LogP contribution is 2.38. The van der Waals surface area contributed by atoms with Gasteiger partial charge in [-0.3, -0.25) is 0 Å². The summed E-state index contributed by atoms with van der Waals surface area (Å²) in [5.74, 6) is 0.739. The zero-order chi connectivity index (χ0) is 11.6. The Morgan fingerprint density at radius 3 is 2.56 bits per heavy atom. The van der Waals surface area contributed by atoms with E-state index in [-0.39, 0.29) is 0 Å². The molecule has 1 heteroatoms. The molecule has 1 nitrogen and oxygen atoms in total. The van der Waals surface area contributed by atoms with Crippen LogP contribution in [-0.2, 0) is 5.41 Å². The fourth-order valence-electron chi connectivity index (χ4n) is 2.85. The van der Waals surface area contributed by atoms with Crippen molar-refractivity contribution in [3.8, 4) is 0 Å². The van der Waals surface area contributed by atoms with Gasteiger partial charge in [0.25, 0.3) is 0 Å². The first-order chi connectivity index (χ1) is 7.66. The van der Waals surface area contributed by atoms with Crippen LogP contribution in [0.2, 0.25) is 0 Å². The van der Waals surface area contributed by atoms with E-state index in [4.69, 9.17) is 0 Å². The first-order valence-electron chi connectivity index (χ1n) is 6.44. The van der Waals surface area contributed by atoms with Crippen molar-refractivity contribution in [2.45, 2.75) is 32.6 Å². The lowest BCUT2D eigenvalue weighted by atomic mass is 9.68. The molecule has 16 heavy (non-hydrogen) atoms. The summed E-state index contributed by atoms with van der Waals surface area (Å²) in [7, 11) is 0. The lowest BCUT2D eigenvalue weighted by Crippen LogP contribution is -2.47. The molecule has 1 saturated heterocycles. The quantitative estimate of drug-likeness (QED) is 0.734. The van der Waals surface area contributed by atoms with Crippen LogP contribution < -0.4 is 0 Å². The highest BCUT2D eigenvalue weighted by Gasteiger charge is 2.37. The molecule has 1 aliphatic rings. The smallest absolute Gasteiger partial charge is 0.00153 e. The van der Waals surface area contributed by atoms with E-state index in [9.17, 15) is 0 Å². The predicted molar refractivity (Wildman–Crippen MR) is 69.7 cm³/mol. The maximum Gasteiger partial charge on any atom is 0.00153 e. The van der Waals surface area contributed by atoms with Gasteiger partial charge in [-0.05, 0) is 36.4 Å². The number of hydrogen-bond acceptors (Lipinski definition) is 1. The monoisotopic (exact) mass is 217 g/mol. The van der Waals surface area contributed by atoms with Gasteiger partial charge in [-0.25, -0.2) is 0 Å². The molecular formula is C15H23N. The van der Waals surface area contributed by atoms with Crippen molar-refractivity contribution in [1.82, 2.24) is 4.90 Å². The Hall–Kier alpha value is -0.820. The highest BCUT2D eigenvalue weighted by atomic mass is 15.1. The van der Waals surface area contributed by atoms with Gasteiger partial charge in [-0.15, -0.1) is 0 Å². The van der Waals surface area contributed by atoms with Crippen LogP contribution in [0.25, 0.3) is 0 Å². The fourth-order valence-corrected chi connectivity index (χ4v) is 2.85. The minimum absolute atomic E-state index is 0.368. The molecule has 1 aliphatic heterocycles. The Morgan fingerprint density at radius 1 is 1.31 bits per heavy atom.